The fraction of sp³-hybridized carbons (Fsp3) is 0.667. The Morgan fingerprint density at radius 2 is 2.00 bits per heavy atom. The first kappa shape index (κ1) is 25.3. The maximum Gasteiger partial charge on any atom is 0.249 e. The SMILES string of the molecule is CCCCNc1nc(SCCC)nc2c1nnn2[C@@H]1C[C@H](C(=O)NC2CC(=O)NC2=O)[C@@H](O)[C@H]1O. The Hall–Kier alpha value is -2.84. The molecule has 0 spiro atoms. The predicted octanol–water partition coefficient (Wildman–Crippen LogP) is -0.250. The summed E-state index contributed by atoms with van der Waals surface area (Å²) in [6.45, 7) is 4.86. The first-order valence-corrected chi connectivity index (χ1v) is 12.8. The van der Waals surface area contributed by atoms with Gasteiger partial charge in [0.1, 0.15) is 12.1 Å². The van der Waals surface area contributed by atoms with Crippen molar-refractivity contribution in [3.63, 3.8) is 0 Å². The van der Waals surface area contributed by atoms with Gasteiger partial charge in [-0.15, -0.1) is 5.10 Å². The summed E-state index contributed by atoms with van der Waals surface area (Å²) in [6.07, 6.45) is 0.0939. The Morgan fingerprint density at radius 1 is 1.20 bits per heavy atom. The molecule has 35 heavy (non-hydrogen) atoms. The van der Waals surface area contributed by atoms with E-state index in [9.17, 15) is 24.6 Å². The fourth-order valence-electron chi connectivity index (χ4n) is 4.26. The molecule has 190 valence electrons. The van der Waals surface area contributed by atoms with Gasteiger partial charge < -0.3 is 20.8 Å². The number of hydrogen-bond donors (Lipinski definition) is 5. The van der Waals surface area contributed by atoms with Gasteiger partial charge in [0.05, 0.1) is 24.5 Å². The van der Waals surface area contributed by atoms with Crippen molar-refractivity contribution in [3.8, 4) is 0 Å². The maximum absolute atomic E-state index is 12.8. The Morgan fingerprint density at radius 3 is 2.69 bits per heavy atom. The van der Waals surface area contributed by atoms with Gasteiger partial charge in [0, 0.05) is 12.3 Å². The lowest BCUT2D eigenvalue weighted by atomic mass is 10.0. The summed E-state index contributed by atoms with van der Waals surface area (Å²) < 4.78 is 1.44. The van der Waals surface area contributed by atoms with Gasteiger partial charge in [0.25, 0.3) is 0 Å². The molecule has 1 saturated heterocycles. The third kappa shape index (κ3) is 5.23. The lowest BCUT2D eigenvalue weighted by molar-refractivity contribution is -0.132. The molecule has 3 amide bonds. The number of carbonyl (C=O) groups excluding carboxylic acids is 3. The molecule has 5 atom stereocenters. The first-order chi connectivity index (χ1) is 16.8. The van der Waals surface area contributed by atoms with Crippen LogP contribution in [0.1, 0.15) is 52.0 Å². The second-order valence-electron chi connectivity index (χ2n) is 8.76. The zero-order valence-electron chi connectivity index (χ0n) is 19.6. The molecular weight excluding hydrogens is 476 g/mol. The molecule has 1 aliphatic heterocycles. The van der Waals surface area contributed by atoms with Crippen LogP contribution in [0.5, 0.6) is 0 Å². The molecule has 2 aromatic heterocycles. The van der Waals surface area contributed by atoms with Crippen LogP contribution in [0.15, 0.2) is 5.16 Å². The highest BCUT2D eigenvalue weighted by Crippen LogP contribution is 2.37. The second kappa shape index (κ2) is 10.8. The van der Waals surface area contributed by atoms with Crippen LogP contribution < -0.4 is 16.0 Å². The third-order valence-corrected chi connectivity index (χ3v) is 7.20. The van der Waals surface area contributed by atoms with Gasteiger partial charge in [0.15, 0.2) is 22.1 Å². The summed E-state index contributed by atoms with van der Waals surface area (Å²) in [5.41, 5.74) is 0.841. The highest BCUT2D eigenvalue weighted by molar-refractivity contribution is 7.99. The molecule has 0 bridgehead atoms. The number of hydrogen-bond acceptors (Lipinski definition) is 11. The topological polar surface area (TPSA) is 184 Å². The fourth-order valence-corrected chi connectivity index (χ4v) is 4.95. The number of unbranched alkanes of at least 4 members (excludes halogenated alkanes) is 1. The molecule has 13 nitrogen and oxygen atoms in total. The summed E-state index contributed by atoms with van der Waals surface area (Å²) in [6, 6.07) is -1.76. The quantitative estimate of drug-likeness (QED) is 0.124. The highest BCUT2D eigenvalue weighted by Gasteiger charge is 2.48. The van der Waals surface area contributed by atoms with Gasteiger partial charge in [-0.3, -0.25) is 19.7 Å². The number of aliphatic hydroxyl groups is 2. The van der Waals surface area contributed by atoms with Crippen LogP contribution in [0.2, 0.25) is 0 Å². The minimum atomic E-state index is -1.39. The summed E-state index contributed by atoms with van der Waals surface area (Å²) in [4.78, 5) is 45.2. The van der Waals surface area contributed by atoms with E-state index in [1.54, 1.807) is 0 Å². The van der Waals surface area contributed by atoms with E-state index in [0.29, 0.717) is 28.7 Å². The van der Waals surface area contributed by atoms with Crippen molar-refractivity contribution in [2.75, 3.05) is 17.6 Å². The van der Waals surface area contributed by atoms with Crippen LogP contribution in [0, 0.1) is 5.92 Å². The number of aliphatic hydroxyl groups excluding tert-OH is 2. The average Bonchev–Trinajstić information content (AvgIpc) is 3.48. The van der Waals surface area contributed by atoms with Crippen molar-refractivity contribution in [1.82, 2.24) is 35.6 Å². The number of imide groups is 1. The molecule has 1 unspecified atom stereocenters. The monoisotopic (exact) mass is 506 g/mol. The van der Waals surface area contributed by atoms with E-state index in [1.807, 2.05) is 0 Å². The van der Waals surface area contributed by atoms with E-state index in [0.717, 1.165) is 25.0 Å². The number of amides is 3. The average molecular weight is 507 g/mol. The number of nitrogens with one attached hydrogen (secondary N) is 3. The van der Waals surface area contributed by atoms with Gasteiger partial charge >= 0.3 is 0 Å². The van der Waals surface area contributed by atoms with Crippen molar-refractivity contribution in [3.05, 3.63) is 0 Å². The van der Waals surface area contributed by atoms with Crippen LogP contribution in [-0.2, 0) is 14.4 Å². The van der Waals surface area contributed by atoms with Crippen molar-refractivity contribution >= 4 is 46.5 Å². The zero-order valence-corrected chi connectivity index (χ0v) is 20.4. The van der Waals surface area contributed by atoms with Crippen LogP contribution in [-0.4, -0.2) is 83.4 Å². The first-order valence-electron chi connectivity index (χ1n) is 11.8. The maximum atomic E-state index is 12.8. The summed E-state index contributed by atoms with van der Waals surface area (Å²) in [5.74, 6) is -1.31. The Kier molecular flexibility index (Phi) is 7.82. The highest BCUT2D eigenvalue weighted by atomic mass is 32.2. The Balaban J connectivity index is 1.59. The van der Waals surface area contributed by atoms with Crippen LogP contribution >= 0.6 is 11.8 Å². The summed E-state index contributed by atoms with van der Waals surface area (Å²) in [7, 11) is 0. The van der Waals surface area contributed by atoms with Gasteiger partial charge in [-0.25, -0.2) is 14.6 Å². The Bertz CT molecular complexity index is 1110. The third-order valence-electron chi connectivity index (χ3n) is 6.15. The lowest BCUT2D eigenvalue weighted by Crippen LogP contribution is -2.45. The van der Waals surface area contributed by atoms with Gasteiger partial charge in [0.2, 0.25) is 17.7 Å². The Labute approximate surface area is 205 Å². The predicted molar refractivity (Wildman–Crippen MR) is 126 cm³/mol. The van der Waals surface area contributed by atoms with Crippen molar-refractivity contribution in [2.45, 2.75) is 75.4 Å². The molecule has 0 aromatic carbocycles. The molecule has 1 saturated carbocycles. The van der Waals surface area contributed by atoms with E-state index >= 15 is 0 Å². The zero-order chi connectivity index (χ0) is 25.1. The normalized spacial score (nSPS) is 26.3. The van der Waals surface area contributed by atoms with Crippen LogP contribution in [0.3, 0.4) is 0 Å². The minimum absolute atomic E-state index is 0.0505. The second-order valence-corrected chi connectivity index (χ2v) is 9.82. The largest absolute Gasteiger partial charge is 0.390 e. The van der Waals surface area contributed by atoms with Crippen LogP contribution in [0.4, 0.5) is 5.82 Å². The molecule has 1 aliphatic carbocycles. The number of anilines is 1. The smallest absolute Gasteiger partial charge is 0.249 e. The van der Waals surface area contributed by atoms with E-state index < -0.39 is 47.9 Å². The molecule has 3 heterocycles. The van der Waals surface area contributed by atoms with Crippen molar-refractivity contribution in [2.24, 2.45) is 5.92 Å². The summed E-state index contributed by atoms with van der Waals surface area (Å²) in [5, 5.41) is 38.3. The number of nitrogens with zero attached hydrogens (tertiary/aromatic N) is 5. The molecule has 0 radical (unpaired) electrons. The number of carbonyl (C=O) groups is 3. The van der Waals surface area contributed by atoms with Crippen molar-refractivity contribution < 1.29 is 24.6 Å². The molecule has 2 aromatic rings. The molecule has 2 fully saturated rings. The molecule has 4 rings (SSSR count). The van der Waals surface area contributed by atoms with Gasteiger partial charge in [-0.1, -0.05) is 37.2 Å². The van der Waals surface area contributed by atoms with E-state index in [4.69, 9.17) is 0 Å². The number of aromatic nitrogens is 5. The molecule has 5 N–H and O–H groups in total. The minimum Gasteiger partial charge on any atom is -0.390 e. The number of thioether (sulfide) groups is 1. The van der Waals surface area contributed by atoms with Gasteiger partial charge in [-0.2, -0.15) is 0 Å². The standard InChI is InChI=1S/C21H30N8O5S/c1-3-5-6-22-17-14-18(26-21(25-17)35-7-4-2)29(28-27-14)12-8-10(15(31)16(12)32)19(33)23-11-9-13(30)24-20(11)34/h10-12,15-16,31-32H,3-9H2,1-2H3,(H,23,33)(H,22,25,26)(H,24,30,34)/t10-,11?,12+,15+,16-/m0/s1. The van der Waals surface area contributed by atoms with Crippen molar-refractivity contribution in [1.29, 1.82) is 0 Å². The molecular formula is C21H30N8O5S. The molecule has 14 heteroatoms. The number of rotatable bonds is 10. The van der Waals surface area contributed by atoms with E-state index in [1.165, 1.54) is 16.4 Å². The van der Waals surface area contributed by atoms with E-state index in [-0.39, 0.29) is 12.8 Å². The van der Waals surface area contributed by atoms with E-state index in [2.05, 4.69) is 50.1 Å². The number of fused-ring (bicyclic) bond motifs is 1. The van der Waals surface area contributed by atoms with Crippen LogP contribution in [0.25, 0.3) is 11.2 Å². The summed E-state index contributed by atoms with van der Waals surface area (Å²) >= 11 is 1.50. The lowest BCUT2D eigenvalue weighted by Gasteiger charge is -2.18. The molecule has 2 aliphatic rings. The van der Waals surface area contributed by atoms with Gasteiger partial charge in [-0.05, 0) is 19.3 Å².